The average Bonchev–Trinajstić information content (AvgIpc) is 2.69. The van der Waals surface area contributed by atoms with Crippen molar-refractivity contribution in [3.63, 3.8) is 0 Å². The maximum atomic E-state index is 14.6. The van der Waals surface area contributed by atoms with Crippen molar-refractivity contribution < 1.29 is 18.0 Å². The minimum absolute atomic E-state index is 0.0251. The van der Waals surface area contributed by atoms with Crippen LogP contribution in [0.3, 0.4) is 0 Å². The zero-order chi connectivity index (χ0) is 19.8. The van der Waals surface area contributed by atoms with Crippen LogP contribution in [0.25, 0.3) is 11.3 Å². The van der Waals surface area contributed by atoms with E-state index in [-0.39, 0.29) is 24.1 Å². The van der Waals surface area contributed by atoms with Gasteiger partial charge in [0.1, 0.15) is 17.5 Å². The van der Waals surface area contributed by atoms with Crippen LogP contribution in [-0.4, -0.2) is 17.2 Å². The van der Waals surface area contributed by atoms with Crippen LogP contribution in [0.15, 0.2) is 60.3 Å². The van der Waals surface area contributed by atoms with Crippen molar-refractivity contribution in [1.82, 2.24) is 4.90 Å². The molecule has 0 fully saturated rings. The van der Waals surface area contributed by atoms with E-state index in [1.807, 2.05) is 0 Å². The Morgan fingerprint density at radius 1 is 1.04 bits per heavy atom. The Kier molecular flexibility index (Phi) is 4.36. The van der Waals surface area contributed by atoms with E-state index in [2.05, 4.69) is 0 Å². The zero-order valence-electron chi connectivity index (χ0n) is 14.5. The first-order valence-corrected chi connectivity index (χ1v) is 8.59. The zero-order valence-corrected chi connectivity index (χ0v) is 14.5. The molecule has 28 heavy (non-hydrogen) atoms. The molecule has 0 aromatic heterocycles. The van der Waals surface area contributed by atoms with E-state index in [9.17, 15) is 18.0 Å². The number of nitriles is 1. The molecule has 0 atom stereocenters. The molecule has 2 aliphatic heterocycles. The van der Waals surface area contributed by atoms with Crippen LogP contribution in [0.4, 0.5) is 13.2 Å². The second-order valence-corrected chi connectivity index (χ2v) is 6.40. The number of allylic oxidation sites excluding steroid dienone is 4. The van der Waals surface area contributed by atoms with Gasteiger partial charge in [-0.1, -0.05) is 18.2 Å². The number of fused-ring (bicyclic) bond motifs is 1. The van der Waals surface area contributed by atoms with Crippen molar-refractivity contribution in [2.24, 2.45) is 0 Å². The summed E-state index contributed by atoms with van der Waals surface area (Å²) in [5, 5.41) is 8.89. The van der Waals surface area contributed by atoms with E-state index in [1.54, 1.807) is 47.4 Å². The lowest BCUT2D eigenvalue weighted by molar-refractivity contribution is -0.114. The maximum absolute atomic E-state index is 14.6. The Balaban J connectivity index is 1.91. The van der Waals surface area contributed by atoms with Gasteiger partial charge in [0.25, 0.3) is 0 Å². The molecule has 4 rings (SSSR count). The largest absolute Gasteiger partial charge is 0.340 e. The lowest BCUT2D eigenvalue weighted by Crippen LogP contribution is -2.32. The molecule has 0 unspecified atom stereocenters. The summed E-state index contributed by atoms with van der Waals surface area (Å²) < 4.78 is 43.5. The molecule has 0 N–H and O–H groups in total. The monoisotopic (exact) mass is 378 g/mol. The third-order valence-corrected chi connectivity index (χ3v) is 4.76. The van der Waals surface area contributed by atoms with E-state index in [0.29, 0.717) is 17.0 Å². The molecule has 0 amide bonds. The number of nitrogens with zero attached hydrogens (tertiary/aromatic N) is 2. The van der Waals surface area contributed by atoms with Crippen LogP contribution in [0.5, 0.6) is 0 Å². The Morgan fingerprint density at radius 3 is 2.43 bits per heavy atom. The fraction of sp³-hybridized carbons (Fsp3) is 0.0909. The minimum Gasteiger partial charge on any atom is -0.340 e. The number of hydrogen-bond acceptors (Lipinski definition) is 3. The van der Waals surface area contributed by atoms with Crippen molar-refractivity contribution >= 4 is 17.1 Å². The van der Waals surface area contributed by atoms with Gasteiger partial charge in [-0.15, -0.1) is 0 Å². The molecule has 0 saturated heterocycles. The van der Waals surface area contributed by atoms with Crippen LogP contribution in [-0.2, 0) is 4.79 Å². The highest BCUT2D eigenvalue weighted by molar-refractivity contribution is 6.23. The average molecular weight is 378 g/mol. The van der Waals surface area contributed by atoms with Gasteiger partial charge in [0.05, 0.1) is 34.2 Å². The molecule has 0 spiro atoms. The highest BCUT2D eigenvalue weighted by atomic mass is 19.1. The number of ketones is 1. The van der Waals surface area contributed by atoms with Crippen molar-refractivity contribution in [3.05, 3.63) is 94.5 Å². The fourth-order valence-electron chi connectivity index (χ4n) is 3.53. The molecule has 138 valence electrons. The number of benzene rings is 2. The molecule has 2 aromatic rings. The van der Waals surface area contributed by atoms with E-state index in [1.165, 1.54) is 6.07 Å². The lowest BCUT2D eigenvalue weighted by atomic mass is 9.90. The van der Waals surface area contributed by atoms with Crippen LogP contribution in [0, 0.1) is 28.8 Å². The van der Waals surface area contributed by atoms with Gasteiger partial charge in [0, 0.05) is 18.5 Å². The van der Waals surface area contributed by atoms with Gasteiger partial charge >= 0.3 is 0 Å². The molecule has 0 aliphatic carbocycles. The van der Waals surface area contributed by atoms with Crippen molar-refractivity contribution in [3.8, 4) is 6.07 Å². The first kappa shape index (κ1) is 17.8. The standard InChI is InChI=1S/C22H13F3N2O/c23-15-5-2-1-4-14(15)18-6-3-7-19-22(20(28)8-9-27(18)19)21-16(24)10-13(12-26)11-17(21)25/h1-7,10-11H,8-9H2. The molecular weight excluding hydrogens is 365 g/mol. The Morgan fingerprint density at radius 2 is 1.75 bits per heavy atom. The normalized spacial score (nSPS) is 16.0. The number of halogens is 3. The minimum atomic E-state index is -0.982. The van der Waals surface area contributed by atoms with Crippen molar-refractivity contribution in [2.45, 2.75) is 6.42 Å². The molecule has 2 heterocycles. The maximum Gasteiger partial charge on any atom is 0.167 e. The van der Waals surface area contributed by atoms with Crippen LogP contribution in [0.2, 0.25) is 0 Å². The molecular formula is C22H13F3N2O. The number of hydrogen-bond donors (Lipinski definition) is 0. The summed E-state index contributed by atoms with van der Waals surface area (Å²) in [6, 6.07) is 9.68. The topological polar surface area (TPSA) is 44.1 Å². The van der Waals surface area contributed by atoms with E-state index < -0.39 is 28.8 Å². The highest BCUT2D eigenvalue weighted by Gasteiger charge is 2.33. The van der Waals surface area contributed by atoms with Crippen LogP contribution < -0.4 is 0 Å². The molecule has 0 radical (unpaired) electrons. The molecule has 0 bridgehead atoms. The van der Waals surface area contributed by atoms with E-state index in [0.717, 1.165) is 12.1 Å². The van der Waals surface area contributed by atoms with Crippen LogP contribution in [0.1, 0.15) is 23.1 Å². The summed E-state index contributed by atoms with van der Waals surface area (Å²) in [6.45, 7) is 0.266. The van der Waals surface area contributed by atoms with Crippen molar-refractivity contribution in [1.29, 1.82) is 5.26 Å². The van der Waals surface area contributed by atoms with Gasteiger partial charge in [-0.3, -0.25) is 4.79 Å². The third kappa shape index (κ3) is 2.81. The van der Waals surface area contributed by atoms with Gasteiger partial charge in [-0.05, 0) is 36.4 Å². The lowest BCUT2D eigenvalue weighted by Gasteiger charge is -2.35. The summed E-state index contributed by atoms with van der Waals surface area (Å²) in [5.74, 6) is -2.81. The summed E-state index contributed by atoms with van der Waals surface area (Å²) >= 11 is 0. The quantitative estimate of drug-likeness (QED) is 0.769. The molecule has 6 heteroatoms. The van der Waals surface area contributed by atoms with Gasteiger partial charge in [0.2, 0.25) is 0 Å². The second kappa shape index (κ2) is 6.86. The summed E-state index contributed by atoms with van der Waals surface area (Å²) in [7, 11) is 0. The number of carbonyl (C=O) groups is 1. The SMILES string of the molecule is N#Cc1cc(F)c(C2=C3C=CC=C(c4ccccc4F)N3CCC2=O)c(F)c1. The molecule has 2 aromatic carbocycles. The molecule has 0 saturated carbocycles. The summed E-state index contributed by atoms with van der Waals surface area (Å²) in [5.41, 5.74) is 0.399. The number of carbonyl (C=O) groups excluding carboxylic acids is 1. The third-order valence-electron chi connectivity index (χ3n) is 4.76. The first-order chi connectivity index (χ1) is 13.5. The Hall–Kier alpha value is -3.59. The van der Waals surface area contributed by atoms with E-state index in [4.69, 9.17) is 5.26 Å². The van der Waals surface area contributed by atoms with Gasteiger partial charge in [-0.2, -0.15) is 5.26 Å². The van der Waals surface area contributed by atoms with Crippen molar-refractivity contribution in [2.75, 3.05) is 6.54 Å². The summed E-state index contributed by atoms with van der Waals surface area (Å²) in [6.07, 6.45) is 4.91. The Labute approximate surface area is 159 Å². The highest BCUT2D eigenvalue weighted by Crippen LogP contribution is 2.38. The predicted molar refractivity (Wildman–Crippen MR) is 97.8 cm³/mol. The van der Waals surface area contributed by atoms with Gasteiger partial charge in [-0.25, -0.2) is 13.2 Å². The fourth-order valence-corrected chi connectivity index (χ4v) is 3.53. The summed E-state index contributed by atoms with van der Waals surface area (Å²) in [4.78, 5) is 14.3. The number of Topliss-reactive ketones (excluding diaryl/α,β-unsaturated/α-hetero) is 1. The number of rotatable bonds is 2. The first-order valence-electron chi connectivity index (χ1n) is 8.59. The van der Waals surface area contributed by atoms with Gasteiger partial charge < -0.3 is 4.90 Å². The van der Waals surface area contributed by atoms with E-state index >= 15 is 0 Å². The molecule has 3 nitrogen and oxygen atoms in total. The predicted octanol–water partition coefficient (Wildman–Crippen LogP) is 4.57. The second-order valence-electron chi connectivity index (χ2n) is 6.40. The Bertz CT molecular complexity index is 1120. The molecule has 2 aliphatic rings. The smallest absolute Gasteiger partial charge is 0.167 e. The van der Waals surface area contributed by atoms with Gasteiger partial charge in [0.15, 0.2) is 5.78 Å². The van der Waals surface area contributed by atoms with Crippen LogP contribution >= 0.6 is 0 Å².